The molecule has 1 aliphatic rings. The zero-order valence-electron chi connectivity index (χ0n) is 12.0. The van der Waals surface area contributed by atoms with Gasteiger partial charge in [-0.3, -0.25) is 0 Å². The van der Waals surface area contributed by atoms with E-state index in [4.69, 9.17) is 0 Å². The molecule has 0 aliphatic heterocycles. The Bertz CT molecular complexity index is 347. The van der Waals surface area contributed by atoms with Crippen LogP contribution in [0.4, 0.5) is 0 Å². The lowest BCUT2D eigenvalue weighted by Crippen LogP contribution is -2.47. The van der Waals surface area contributed by atoms with Crippen molar-refractivity contribution in [3.8, 4) is 0 Å². The van der Waals surface area contributed by atoms with Crippen LogP contribution in [-0.4, -0.2) is 42.3 Å². The molecule has 1 rings (SSSR count). The maximum Gasteiger partial charge on any atom is 0.216 e. The maximum absolute atomic E-state index is 12.4. The molecule has 0 aromatic heterocycles. The van der Waals surface area contributed by atoms with Gasteiger partial charge in [0.1, 0.15) is 0 Å². The Balaban J connectivity index is 2.87. The third-order valence-electron chi connectivity index (χ3n) is 3.42. The molecule has 1 atom stereocenters. The van der Waals surface area contributed by atoms with Crippen molar-refractivity contribution in [2.75, 3.05) is 13.2 Å². The van der Waals surface area contributed by atoms with Gasteiger partial charge in [-0.25, -0.2) is 8.42 Å². The predicted octanol–water partition coefficient (Wildman–Crippen LogP) is 1.84. The van der Waals surface area contributed by atoms with E-state index in [0.29, 0.717) is 18.4 Å². The molecule has 1 N–H and O–H groups in total. The molecular weight excluding hydrogens is 250 g/mol. The average molecular weight is 277 g/mol. The van der Waals surface area contributed by atoms with Crippen molar-refractivity contribution in [3.05, 3.63) is 0 Å². The van der Waals surface area contributed by atoms with Gasteiger partial charge in [0.05, 0.1) is 11.9 Å². The van der Waals surface area contributed by atoms with Gasteiger partial charge < -0.3 is 5.11 Å². The van der Waals surface area contributed by atoms with E-state index in [1.165, 1.54) is 0 Å². The number of aliphatic hydroxyl groups excluding tert-OH is 1. The van der Waals surface area contributed by atoms with Crippen LogP contribution in [0.5, 0.6) is 0 Å². The first-order chi connectivity index (χ1) is 8.28. The Kier molecular flexibility index (Phi) is 5.62. The summed E-state index contributed by atoms with van der Waals surface area (Å²) in [4.78, 5) is 0. The van der Waals surface area contributed by atoms with E-state index in [2.05, 4.69) is 13.8 Å². The fourth-order valence-electron chi connectivity index (χ4n) is 2.11. The molecule has 0 bridgehead atoms. The van der Waals surface area contributed by atoms with Gasteiger partial charge >= 0.3 is 0 Å². The second-order valence-corrected chi connectivity index (χ2v) is 8.51. The molecule has 0 amide bonds. The van der Waals surface area contributed by atoms with Crippen LogP contribution >= 0.6 is 0 Å². The molecule has 1 aliphatic carbocycles. The van der Waals surface area contributed by atoms with Gasteiger partial charge in [-0.1, -0.05) is 13.8 Å². The van der Waals surface area contributed by atoms with Crippen LogP contribution in [-0.2, 0) is 10.0 Å². The van der Waals surface area contributed by atoms with Crippen molar-refractivity contribution in [2.24, 2.45) is 11.8 Å². The van der Waals surface area contributed by atoms with Crippen molar-refractivity contribution in [1.29, 1.82) is 0 Å². The van der Waals surface area contributed by atoms with Crippen LogP contribution in [0, 0.1) is 11.8 Å². The topological polar surface area (TPSA) is 57.6 Å². The molecule has 1 fully saturated rings. The minimum Gasteiger partial charge on any atom is -0.395 e. The average Bonchev–Trinajstić information content (AvgIpc) is 3.06. The molecule has 18 heavy (non-hydrogen) atoms. The van der Waals surface area contributed by atoms with Crippen molar-refractivity contribution in [3.63, 3.8) is 0 Å². The summed E-state index contributed by atoms with van der Waals surface area (Å²) in [5.41, 5.74) is 0. The minimum atomic E-state index is -3.28. The highest BCUT2D eigenvalue weighted by molar-refractivity contribution is 7.89. The molecule has 0 heterocycles. The van der Waals surface area contributed by atoms with E-state index in [9.17, 15) is 13.5 Å². The van der Waals surface area contributed by atoms with Crippen LogP contribution in [0.15, 0.2) is 0 Å². The second kappa shape index (κ2) is 6.35. The summed E-state index contributed by atoms with van der Waals surface area (Å²) in [5, 5.41) is 9.10. The summed E-state index contributed by atoms with van der Waals surface area (Å²) in [7, 11) is -3.28. The van der Waals surface area contributed by atoms with Gasteiger partial charge in [0.2, 0.25) is 10.0 Å². The molecule has 1 saturated carbocycles. The number of sulfonamides is 1. The van der Waals surface area contributed by atoms with Crippen molar-refractivity contribution in [1.82, 2.24) is 4.31 Å². The summed E-state index contributed by atoms with van der Waals surface area (Å²) < 4.78 is 26.3. The number of aliphatic hydroxyl groups is 1. The van der Waals surface area contributed by atoms with Crippen LogP contribution in [0.25, 0.3) is 0 Å². The monoisotopic (exact) mass is 277 g/mol. The first-order valence-electron chi connectivity index (χ1n) is 6.90. The normalized spacial score (nSPS) is 18.9. The van der Waals surface area contributed by atoms with Crippen molar-refractivity contribution < 1.29 is 13.5 Å². The number of rotatable bonds is 8. The standard InChI is InChI=1S/C13H27NO3S/c1-10(2)7-13(9-15)14(8-12-5-6-12)18(16,17)11(3)4/h10-13,15H,5-9H2,1-4H3/t13-/m0/s1. The van der Waals surface area contributed by atoms with Crippen LogP contribution < -0.4 is 0 Å². The maximum atomic E-state index is 12.4. The number of hydrogen-bond donors (Lipinski definition) is 1. The molecule has 0 aromatic rings. The van der Waals surface area contributed by atoms with Crippen LogP contribution in [0.3, 0.4) is 0 Å². The Hall–Kier alpha value is -0.130. The number of nitrogens with zero attached hydrogens (tertiary/aromatic N) is 1. The van der Waals surface area contributed by atoms with Gasteiger partial charge in [-0.2, -0.15) is 4.31 Å². The second-order valence-electron chi connectivity index (χ2n) is 6.07. The first-order valence-corrected chi connectivity index (χ1v) is 8.40. The fourth-order valence-corrected chi connectivity index (χ4v) is 3.64. The van der Waals surface area contributed by atoms with E-state index < -0.39 is 15.3 Å². The Morgan fingerprint density at radius 2 is 1.78 bits per heavy atom. The first kappa shape index (κ1) is 15.9. The number of hydrogen-bond acceptors (Lipinski definition) is 3. The van der Waals surface area contributed by atoms with Crippen molar-refractivity contribution >= 4 is 10.0 Å². The predicted molar refractivity (Wildman–Crippen MR) is 73.8 cm³/mol. The summed E-state index contributed by atoms with van der Waals surface area (Å²) in [6.45, 7) is 8.02. The third-order valence-corrected chi connectivity index (χ3v) is 5.71. The Labute approximate surface area is 111 Å². The van der Waals surface area contributed by atoms with Gasteiger partial charge in [-0.05, 0) is 44.9 Å². The smallest absolute Gasteiger partial charge is 0.216 e. The molecule has 108 valence electrons. The lowest BCUT2D eigenvalue weighted by atomic mass is 10.0. The highest BCUT2D eigenvalue weighted by Gasteiger charge is 2.36. The lowest BCUT2D eigenvalue weighted by Gasteiger charge is -2.32. The van der Waals surface area contributed by atoms with Gasteiger partial charge in [0.15, 0.2) is 0 Å². The van der Waals surface area contributed by atoms with E-state index in [1.807, 2.05) is 0 Å². The Morgan fingerprint density at radius 3 is 2.11 bits per heavy atom. The molecule has 0 saturated heterocycles. The van der Waals surface area contributed by atoms with Gasteiger partial charge in [0.25, 0.3) is 0 Å². The van der Waals surface area contributed by atoms with E-state index in [-0.39, 0.29) is 12.6 Å². The summed E-state index contributed by atoms with van der Waals surface area (Å²) >= 11 is 0. The highest BCUT2D eigenvalue weighted by atomic mass is 32.2. The third kappa shape index (κ3) is 4.21. The summed E-state index contributed by atoms with van der Waals surface area (Å²) in [5.74, 6) is 0.881. The molecule has 0 radical (unpaired) electrons. The molecular formula is C13H27NO3S. The molecule has 5 heteroatoms. The SMILES string of the molecule is CC(C)C[C@@H](CO)N(CC1CC1)S(=O)(=O)C(C)C. The van der Waals surface area contributed by atoms with E-state index in [1.54, 1.807) is 18.2 Å². The molecule has 4 nitrogen and oxygen atoms in total. The molecule has 0 spiro atoms. The fraction of sp³-hybridized carbons (Fsp3) is 1.00. The summed E-state index contributed by atoms with van der Waals surface area (Å²) in [6.07, 6.45) is 2.95. The van der Waals surface area contributed by atoms with E-state index >= 15 is 0 Å². The van der Waals surface area contributed by atoms with Crippen LogP contribution in [0.2, 0.25) is 0 Å². The quantitative estimate of drug-likeness (QED) is 0.736. The highest BCUT2D eigenvalue weighted by Crippen LogP contribution is 2.32. The minimum absolute atomic E-state index is 0.0865. The van der Waals surface area contributed by atoms with Gasteiger partial charge in [-0.15, -0.1) is 0 Å². The largest absolute Gasteiger partial charge is 0.395 e. The lowest BCUT2D eigenvalue weighted by molar-refractivity contribution is 0.164. The molecule has 0 aromatic carbocycles. The zero-order valence-corrected chi connectivity index (χ0v) is 12.8. The molecule has 0 unspecified atom stereocenters. The Morgan fingerprint density at radius 1 is 1.22 bits per heavy atom. The van der Waals surface area contributed by atoms with E-state index in [0.717, 1.165) is 19.3 Å². The van der Waals surface area contributed by atoms with Gasteiger partial charge in [0, 0.05) is 12.6 Å². The summed E-state index contributed by atoms with van der Waals surface area (Å²) in [6, 6.07) is -0.266. The zero-order chi connectivity index (χ0) is 13.9. The van der Waals surface area contributed by atoms with Crippen LogP contribution in [0.1, 0.15) is 47.0 Å². The van der Waals surface area contributed by atoms with Crippen molar-refractivity contribution in [2.45, 2.75) is 58.2 Å².